The zero-order valence-electron chi connectivity index (χ0n) is 7.64. The molecule has 0 amide bonds. The minimum Gasteiger partial charge on any atom is -0.314 e. The van der Waals surface area contributed by atoms with Crippen LogP contribution in [0.2, 0.25) is 5.15 Å². The van der Waals surface area contributed by atoms with E-state index >= 15 is 0 Å². The maximum atomic E-state index is 10.9. The molecule has 4 nitrogen and oxygen atoms in total. The van der Waals surface area contributed by atoms with Gasteiger partial charge >= 0.3 is 0 Å². The summed E-state index contributed by atoms with van der Waals surface area (Å²) < 4.78 is 0. The van der Waals surface area contributed by atoms with Gasteiger partial charge in [0.05, 0.1) is 0 Å². The highest BCUT2D eigenvalue weighted by Gasteiger charge is 2.16. The molecule has 1 atom stereocenters. The third kappa shape index (κ3) is 1.97. The molecule has 2 rings (SSSR count). The van der Waals surface area contributed by atoms with Crippen molar-refractivity contribution in [1.82, 2.24) is 15.6 Å². The standard InChI is InChI=1S/C9H12ClN3O/c10-9-6(1-2-8(14)13-9)7-5-11-3-4-12-7/h1-2,7,11-12H,3-5H2,(H,13,14)/t7-/m1/s1. The lowest BCUT2D eigenvalue weighted by Crippen LogP contribution is -2.42. The lowest BCUT2D eigenvalue weighted by Gasteiger charge is -2.25. The number of hydrogen-bond donors (Lipinski definition) is 3. The summed E-state index contributed by atoms with van der Waals surface area (Å²) in [5.41, 5.74) is 0.779. The molecule has 76 valence electrons. The number of hydrogen-bond acceptors (Lipinski definition) is 3. The van der Waals surface area contributed by atoms with Gasteiger partial charge in [-0.15, -0.1) is 0 Å². The molecule has 14 heavy (non-hydrogen) atoms. The maximum absolute atomic E-state index is 10.9. The molecule has 1 aliphatic heterocycles. The lowest BCUT2D eigenvalue weighted by atomic mass is 10.1. The second kappa shape index (κ2) is 4.13. The summed E-state index contributed by atoms with van der Waals surface area (Å²) >= 11 is 5.94. The average Bonchev–Trinajstić information content (AvgIpc) is 2.19. The van der Waals surface area contributed by atoms with Crippen molar-refractivity contribution in [2.45, 2.75) is 6.04 Å². The van der Waals surface area contributed by atoms with Crippen molar-refractivity contribution < 1.29 is 0 Å². The van der Waals surface area contributed by atoms with Gasteiger partial charge in [-0.1, -0.05) is 11.6 Å². The molecule has 5 heteroatoms. The minimum absolute atomic E-state index is 0.164. The first-order valence-electron chi connectivity index (χ1n) is 4.60. The van der Waals surface area contributed by atoms with Crippen LogP contribution in [-0.2, 0) is 0 Å². The maximum Gasteiger partial charge on any atom is 0.249 e. The minimum atomic E-state index is -0.164. The predicted molar refractivity (Wildman–Crippen MR) is 55.7 cm³/mol. The van der Waals surface area contributed by atoms with Crippen LogP contribution in [0.4, 0.5) is 0 Å². The predicted octanol–water partition coefficient (Wildman–Crippen LogP) is 0.262. The lowest BCUT2D eigenvalue weighted by molar-refractivity contribution is 0.429. The largest absolute Gasteiger partial charge is 0.314 e. The second-order valence-electron chi connectivity index (χ2n) is 3.30. The van der Waals surface area contributed by atoms with Gasteiger partial charge < -0.3 is 15.6 Å². The fourth-order valence-corrected chi connectivity index (χ4v) is 1.89. The van der Waals surface area contributed by atoms with Crippen LogP contribution in [0, 0.1) is 0 Å². The van der Waals surface area contributed by atoms with Gasteiger partial charge in [0, 0.05) is 37.3 Å². The molecule has 1 aromatic heterocycles. The highest BCUT2D eigenvalue weighted by molar-refractivity contribution is 6.30. The van der Waals surface area contributed by atoms with Crippen molar-refractivity contribution in [3.8, 4) is 0 Å². The number of rotatable bonds is 1. The van der Waals surface area contributed by atoms with Crippen molar-refractivity contribution in [3.63, 3.8) is 0 Å². The van der Waals surface area contributed by atoms with E-state index in [1.54, 1.807) is 6.07 Å². The molecule has 0 aromatic carbocycles. The van der Waals surface area contributed by atoms with Crippen LogP contribution >= 0.6 is 11.6 Å². The molecular formula is C9H12ClN3O. The molecule has 0 bridgehead atoms. The Labute approximate surface area is 86.7 Å². The smallest absolute Gasteiger partial charge is 0.249 e. The molecule has 0 aliphatic carbocycles. The SMILES string of the molecule is O=c1ccc([C@H]2CNCCN2)c(Cl)[nH]1. The number of aromatic amines is 1. The van der Waals surface area contributed by atoms with Crippen LogP contribution in [0.1, 0.15) is 11.6 Å². The molecular weight excluding hydrogens is 202 g/mol. The number of aromatic nitrogens is 1. The van der Waals surface area contributed by atoms with E-state index in [2.05, 4.69) is 15.6 Å². The van der Waals surface area contributed by atoms with Crippen molar-refractivity contribution in [2.75, 3.05) is 19.6 Å². The third-order valence-corrected chi connectivity index (χ3v) is 2.63. The van der Waals surface area contributed by atoms with Gasteiger partial charge in [-0.25, -0.2) is 0 Å². The van der Waals surface area contributed by atoms with E-state index < -0.39 is 0 Å². The summed E-state index contributed by atoms with van der Waals surface area (Å²) in [5.74, 6) is 0. The molecule has 0 spiro atoms. The van der Waals surface area contributed by atoms with Crippen LogP contribution < -0.4 is 16.2 Å². The van der Waals surface area contributed by atoms with Gasteiger partial charge in [0.25, 0.3) is 0 Å². The molecule has 0 unspecified atom stereocenters. The van der Waals surface area contributed by atoms with E-state index in [1.807, 2.05) is 0 Å². The summed E-state index contributed by atoms with van der Waals surface area (Å²) in [4.78, 5) is 13.5. The Morgan fingerprint density at radius 2 is 2.21 bits per heavy atom. The first kappa shape index (κ1) is 9.71. The molecule has 1 aromatic rings. The third-order valence-electron chi connectivity index (χ3n) is 2.32. The van der Waals surface area contributed by atoms with Crippen LogP contribution in [0.5, 0.6) is 0 Å². The fourth-order valence-electron chi connectivity index (χ4n) is 1.60. The Kier molecular flexibility index (Phi) is 2.86. The van der Waals surface area contributed by atoms with Gasteiger partial charge in [0.2, 0.25) is 5.56 Å². The summed E-state index contributed by atoms with van der Waals surface area (Å²) in [6.07, 6.45) is 0. The first-order valence-corrected chi connectivity index (χ1v) is 4.98. The molecule has 1 aliphatic rings. The quantitative estimate of drug-likeness (QED) is 0.587. The molecule has 1 fully saturated rings. The fraction of sp³-hybridized carbons (Fsp3) is 0.444. The summed E-state index contributed by atoms with van der Waals surface area (Å²) in [6, 6.07) is 3.46. The second-order valence-corrected chi connectivity index (χ2v) is 3.68. The molecule has 2 heterocycles. The van der Waals surface area contributed by atoms with E-state index in [0.717, 1.165) is 25.2 Å². The van der Waals surface area contributed by atoms with E-state index in [1.165, 1.54) is 6.07 Å². The number of pyridine rings is 1. The number of nitrogens with one attached hydrogen (secondary N) is 3. The zero-order chi connectivity index (χ0) is 9.97. The van der Waals surface area contributed by atoms with Gasteiger partial charge in [-0.2, -0.15) is 0 Å². The topological polar surface area (TPSA) is 56.9 Å². The van der Waals surface area contributed by atoms with Crippen LogP contribution in [-0.4, -0.2) is 24.6 Å². The Hall–Kier alpha value is -0.840. The average molecular weight is 214 g/mol. The van der Waals surface area contributed by atoms with Crippen LogP contribution in [0.15, 0.2) is 16.9 Å². The highest BCUT2D eigenvalue weighted by Crippen LogP contribution is 2.19. The van der Waals surface area contributed by atoms with Crippen LogP contribution in [0.25, 0.3) is 0 Å². The van der Waals surface area contributed by atoms with E-state index in [0.29, 0.717) is 5.15 Å². The van der Waals surface area contributed by atoms with Crippen molar-refractivity contribution >= 4 is 11.6 Å². The van der Waals surface area contributed by atoms with E-state index in [4.69, 9.17) is 11.6 Å². The molecule has 0 radical (unpaired) electrons. The van der Waals surface area contributed by atoms with E-state index in [-0.39, 0.29) is 11.6 Å². The Bertz CT molecular complexity index is 371. The molecule has 3 N–H and O–H groups in total. The number of piperazine rings is 1. The summed E-state index contributed by atoms with van der Waals surface area (Å²) in [6.45, 7) is 2.73. The normalized spacial score (nSPS) is 22.2. The highest BCUT2D eigenvalue weighted by atomic mass is 35.5. The number of halogens is 1. The van der Waals surface area contributed by atoms with Crippen molar-refractivity contribution in [1.29, 1.82) is 0 Å². The Morgan fingerprint density at radius 1 is 1.36 bits per heavy atom. The van der Waals surface area contributed by atoms with Gasteiger partial charge in [0.15, 0.2) is 0 Å². The Balaban J connectivity index is 2.26. The van der Waals surface area contributed by atoms with Crippen molar-refractivity contribution in [3.05, 3.63) is 33.2 Å². The first-order chi connectivity index (χ1) is 6.77. The zero-order valence-corrected chi connectivity index (χ0v) is 8.40. The summed E-state index contributed by atoms with van der Waals surface area (Å²) in [7, 11) is 0. The molecule has 0 saturated carbocycles. The van der Waals surface area contributed by atoms with Crippen LogP contribution in [0.3, 0.4) is 0 Å². The van der Waals surface area contributed by atoms with Gasteiger partial charge in [0.1, 0.15) is 5.15 Å². The monoisotopic (exact) mass is 213 g/mol. The van der Waals surface area contributed by atoms with E-state index in [9.17, 15) is 4.79 Å². The van der Waals surface area contributed by atoms with Gasteiger partial charge in [-0.05, 0) is 6.07 Å². The molecule has 1 saturated heterocycles. The number of H-pyrrole nitrogens is 1. The van der Waals surface area contributed by atoms with Crippen molar-refractivity contribution in [2.24, 2.45) is 0 Å². The Morgan fingerprint density at radius 3 is 2.86 bits per heavy atom. The van der Waals surface area contributed by atoms with Gasteiger partial charge in [-0.3, -0.25) is 4.79 Å². The summed E-state index contributed by atoms with van der Waals surface area (Å²) in [5, 5.41) is 7.02.